The molecule has 0 radical (unpaired) electrons. The molecule has 0 saturated carbocycles. The van der Waals surface area contributed by atoms with Gasteiger partial charge >= 0.3 is 0 Å². The van der Waals surface area contributed by atoms with Gasteiger partial charge in [0.1, 0.15) is 17.3 Å². The van der Waals surface area contributed by atoms with E-state index in [1.807, 2.05) is 31.2 Å². The molecular formula is C16H17ClFNO. The quantitative estimate of drug-likeness (QED) is 0.877. The molecule has 4 heteroatoms. The number of benzene rings is 2. The van der Waals surface area contributed by atoms with Gasteiger partial charge in [0.05, 0.1) is 5.02 Å². The first-order chi connectivity index (χ1) is 9.60. The summed E-state index contributed by atoms with van der Waals surface area (Å²) in [6.07, 6.45) is 1.62. The molecule has 0 aliphatic carbocycles. The van der Waals surface area contributed by atoms with Gasteiger partial charge in [-0.3, -0.25) is 0 Å². The number of rotatable bonds is 5. The van der Waals surface area contributed by atoms with E-state index in [0.717, 1.165) is 18.4 Å². The first kappa shape index (κ1) is 14.8. The number of ether oxygens (including phenoxy) is 1. The van der Waals surface area contributed by atoms with Crippen LogP contribution in [0.25, 0.3) is 0 Å². The summed E-state index contributed by atoms with van der Waals surface area (Å²) in [6.45, 7) is 2.05. The van der Waals surface area contributed by atoms with Gasteiger partial charge in [0.25, 0.3) is 0 Å². The van der Waals surface area contributed by atoms with Crippen LogP contribution >= 0.6 is 11.6 Å². The van der Waals surface area contributed by atoms with Crippen molar-refractivity contribution in [3.8, 4) is 11.5 Å². The van der Waals surface area contributed by atoms with Crippen LogP contribution in [0.4, 0.5) is 4.39 Å². The van der Waals surface area contributed by atoms with Crippen LogP contribution < -0.4 is 10.5 Å². The van der Waals surface area contributed by atoms with Crippen molar-refractivity contribution in [2.24, 2.45) is 5.73 Å². The molecule has 0 aromatic heterocycles. The zero-order valence-electron chi connectivity index (χ0n) is 11.3. The van der Waals surface area contributed by atoms with Gasteiger partial charge in [-0.15, -0.1) is 0 Å². The number of hydrogen-bond acceptors (Lipinski definition) is 2. The Balaban J connectivity index is 2.24. The Hall–Kier alpha value is -1.58. The molecule has 2 aromatic rings. The third-order valence-corrected chi connectivity index (χ3v) is 3.39. The molecule has 0 saturated heterocycles. The zero-order chi connectivity index (χ0) is 14.5. The fourth-order valence-corrected chi connectivity index (χ4v) is 2.08. The lowest BCUT2D eigenvalue weighted by Crippen LogP contribution is -2.21. The predicted molar refractivity (Wildman–Crippen MR) is 79.9 cm³/mol. The van der Waals surface area contributed by atoms with E-state index in [-0.39, 0.29) is 16.9 Å². The van der Waals surface area contributed by atoms with E-state index >= 15 is 0 Å². The van der Waals surface area contributed by atoms with Crippen molar-refractivity contribution in [3.63, 3.8) is 0 Å². The lowest BCUT2D eigenvalue weighted by atomic mass is 10.0. The summed E-state index contributed by atoms with van der Waals surface area (Å²) in [4.78, 5) is 0. The van der Waals surface area contributed by atoms with Crippen LogP contribution in [-0.4, -0.2) is 6.04 Å². The van der Waals surface area contributed by atoms with Crippen LogP contribution in [0.3, 0.4) is 0 Å². The lowest BCUT2D eigenvalue weighted by Gasteiger charge is -2.14. The molecule has 0 aliphatic heterocycles. The zero-order valence-corrected chi connectivity index (χ0v) is 12.0. The standard InChI is InChI=1S/C16H17ClFNO/c1-2-13(19)9-11-5-3-4-6-15(11)20-16-8-7-12(18)10-14(16)17/h3-8,10,13H,2,9,19H2,1H3. The van der Waals surface area contributed by atoms with Crippen LogP contribution in [0.1, 0.15) is 18.9 Å². The molecule has 2 nitrogen and oxygen atoms in total. The number of hydrogen-bond donors (Lipinski definition) is 1. The van der Waals surface area contributed by atoms with Crippen molar-refractivity contribution < 1.29 is 9.13 Å². The minimum atomic E-state index is -0.386. The van der Waals surface area contributed by atoms with Gasteiger partial charge in [-0.1, -0.05) is 36.7 Å². The van der Waals surface area contributed by atoms with E-state index in [1.54, 1.807) is 0 Å². The van der Waals surface area contributed by atoms with Gasteiger partial charge in [-0.25, -0.2) is 4.39 Å². The summed E-state index contributed by atoms with van der Waals surface area (Å²) >= 11 is 5.98. The van der Waals surface area contributed by atoms with Crippen molar-refractivity contribution in [1.82, 2.24) is 0 Å². The fraction of sp³-hybridized carbons (Fsp3) is 0.250. The van der Waals surface area contributed by atoms with Gasteiger partial charge in [0.2, 0.25) is 0 Å². The average molecular weight is 294 g/mol. The molecule has 2 aromatic carbocycles. The molecule has 1 atom stereocenters. The van der Waals surface area contributed by atoms with Crippen LogP contribution in [-0.2, 0) is 6.42 Å². The predicted octanol–water partition coefficient (Wildman–Crippen LogP) is 4.55. The van der Waals surface area contributed by atoms with Crippen LogP contribution in [0.15, 0.2) is 42.5 Å². The highest BCUT2D eigenvalue weighted by atomic mass is 35.5. The maximum absolute atomic E-state index is 13.0. The van der Waals surface area contributed by atoms with Gasteiger partial charge < -0.3 is 10.5 Å². The Morgan fingerprint density at radius 1 is 1.20 bits per heavy atom. The summed E-state index contributed by atoms with van der Waals surface area (Å²) in [5.74, 6) is 0.749. The average Bonchev–Trinajstić information content (AvgIpc) is 2.43. The van der Waals surface area contributed by atoms with Crippen LogP contribution in [0.2, 0.25) is 5.02 Å². The monoisotopic (exact) mass is 293 g/mol. The summed E-state index contributed by atoms with van der Waals surface area (Å²) in [7, 11) is 0. The summed E-state index contributed by atoms with van der Waals surface area (Å²) < 4.78 is 18.8. The van der Waals surface area contributed by atoms with Crippen LogP contribution in [0.5, 0.6) is 11.5 Å². The molecule has 0 heterocycles. The minimum Gasteiger partial charge on any atom is -0.456 e. The molecule has 0 aliphatic rings. The molecule has 0 spiro atoms. The fourth-order valence-electron chi connectivity index (χ4n) is 1.88. The van der Waals surface area contributed by atoms with Gasteiger partial charge in [0.15, 0.2) is 0 Å². The van der Waals surface area contributed by atoms with Crippen molar-refractivity contribution in [2.45, 2.75) is 25.8 Å². The third-order valence-electron chi connectivity index (χ3n) is 3.09. The Morgan fingerprint density at radius 2 is 1.95 bits per heavy atom. The second-order valence-corrected chi connectivity index (χ2v) is 5.06. The van der Waals surface area contributed by atoms with Crippen LogP contribution in [0, 0.1) is 5.82 Å². The summed E-state index contributed by atoms with van der Waals surface area (Å²) in [6, 6.07) is 11.8. The third kappa shape index (κ3) is 3.71. The highest BCUT2D eigenvalue weighted by Gasteiger charge is 2.10. The Labute approximate surface area is 123 Å². The highest BCUT2D eigenvalue weighted by Crippen LogP contribution is 2.32. The van der Waals surface area contributed by atoms with E-state index in [1.165, 1.54) is 18.2 Å². The molecule has 106 valence electrons. The molecule has 2 N–H and O–H groups in total. The van der Waals surface area contributed by atoms with E-state index in [4.69, 9.17) is 22.1 Å². The highest BCUT2D eigenvalue weighted by molar-refractivity contribution is 6.32. The van der Waals surface area contributed by atoms with Gasteiger partial charge in [0, 0.05) is 6.04 Å². The van der Waals surface area contributed by atoms with E-state index in [2.05, 4.69) is 0 Å². The van der Waals surface area contributed by atoms with Crippen molar-refractivity contribution >= 4 is 11.6 Å². The van der Waals surface area contributed by atoms with Crippen molar-refractivity contribution in [2.75, 3.05) is 0 Å². The molecular weight excluding hydrogens is 277 g/mol. The lowest BCUT2D eigenvalue weighted by molar-refractivity contribution is 0.470. The Kier molecular flexibility index (Phi) is 4.99. The minimum absolute atomic E-state index is 0.0865. The van der Waals surface area contributed by atoms with Gasteiger partial charge in [-0.05, 0) is 42.7 Å². The van der Waals surface area contributed by atoms with E-state index in [9.17, 15) is 4.39 Å². The maximum atomic E-state index is 13.0. The molecule has 0 fully saturated rings. The van der Waals surface area contributed by atoms with Crippen molar-refractivity contribution in [3.05, 3.63) is 58.9 Å². The molecule has 0 amide bonds. The number of halogens is 2. The molecule has 20 heavy (non-hydrogen) atoms. The first-order valence-corrected chi connectivity index (χ1v) is 6.94. The SMILES string of the molecule is CCC(N)Cc1ccccc1Oc1ccc(F)cc1Cl. The maximum Gasteiger partial charge on any atom is 0.146 e. The topological polar surface area (TPSA) is 35.2 Å². The largest absolute Gasteiger partial charge is 0.456 e. The van der Waals surface area contributed by atoms with E-state index < -0.39 is 0 Å². The Morgan fingerprint density at radius 3 is 2.65 bits per heavy atom. The Bertz CT molecular complexity index is 588. The van der Waals surface area contributed by atoms with E-state index in [0.29, 0.717) is 11.5 Å². The molecule has 2 rings (SSSR count). The van der Waals surface area contributed by atoms with Crippen molar-refractivity contribution in [1.29, 1.82) is 0 Å². The smallest absolute Gasteiger partial charge is 0.146 e. The number of para-hydroxylation sites is 1. The number of nitrogens with two attached hydrogens (primary N) is 1. The second kappa shape index (κ2) is 6.73. The summed E-state index contributed by atoms with van der Waals surface area (Å²) in [5.41, 5.74) is 7.00. The normalized spacial score (nSPS) is 12.2. The summed E-state index contributed by atoms with van der Waals surface area (Å²) in [5, 5.41) is 0.250. The van der Waals surface area contributed by atoms with Gasteiger partial charge in [-0.2, -0.15) is 0 Å². The molecule has 1 unspecified atom stereocenters. The molecule has 0 bridgehead atoms. The second-order valence-electron chi connectivity index (χ2n) is 4.66. The first-order valence-electron chi connectivity index (χ1n) is 6.56.